The standard InChI is InChI=1S/C10H17NO3/c1-6-8(7(2)12)11(9(13)14)10(3,4)5/h1,7-8,12H,2-5H3,(H,13,14)/t7-,8?/m1/s1. The molecule has 4 nitrogen and oxygen atoms in total. The van der Waals surface area contributed by atoms with E-state index in [-0.39, 0.29) is 0 Å². The minimum atomic E-state index is -1.12. The Morgan fingerprint density at radius 3 is 2.00 bits per heavy atom. The number of carbonyl (C=O) groups is 1. The van der Waals surface area contributed by atoms with Crippen LogP contribution in [-0.4, -0.2) is 38.9 Å². The van der Waals surface area contributed by atoms with Crippen LogP contribution < -0.4 is 0 Å². The van der Waals surface area contributed by atoms with Crippen LogP contribution in [0.15, 0.2) is 0 Å². The van der Waals surface area contributed by atoms with Gasteiger partial charge < -0.3 is 10.2 Å². The Morgan fingerprint density at radius 2 is 1.93 bits per heavy atom. The van der Waals surface area contributed by atoms with E-state index in [0.29, 0.717) is 0 Å². The Hall–Kier alpha value is -1.21. The van der Waals surface area contributed by atoms with Crippen molar-refractivity contribution in [2.24, 2.45) is 0 Å². The summed E-state index contributed by atoms with van der Waals surface area (Å²) in [5.74, 6) is 2.28. The Balaban J connectivity index is 5.02. The molecular weight excluding hydrogens is 182 g/mol. The molecule has 0 aliphatic carbocycles. The fourth-order valence-electron chi connectivity index (χ4n) is 1.25. The van der Waals surface area contributed by atoms with Crippen LogP contribution in [-0.2, 0) is 0 Å². The van der Waals surface area contributed by atoms with E-state index in [2.05, 4.69) is 5.92 Å². The first-order valence-corrected chi connectivity index (χ1v) is 4.38. The summed E-state index contributed by atoms with van der Waals surface area (Å²) < 4.78 is 0. The van der Waals surface area contributed by atoms with Gasteiger partial charge >= 0.3 is 6.09 Å². The average molecular weight is 199 g/mol. The maximum Gasteiger partial charge on any atom is 0.408 e. The van der Waals surface area contributed by atoms with Gasteiger partial charge in [0.1, 0.15) is 6.04 Å². The molecule has 0 aromatic carbocycles. The van der Waals surface area contributed by atoms with Gasteiger partial charge in [-0.3, -0.25) is 4.90 Å². The van der Waals surface area contributed by atoms with Crippen molar-refractivity contribution in [2.75, 3.05) is 0 Å². The summed E-state index contributed by atoms with van der Waals surface area (Å²) in [6.45, 7) is 6.67. The van der Waals surface area contributed by atoms with E-state index in [1.807, 2.05) is 0 Å². The zero-order valence-corrected chi connectivity index (χ0v) is 8.98. The molecule has 0 aromatic rings. The Bertz CT molecular complexity index is 247. The topological polar surface area (TPSA) is 60.8 Å². The number of amides is 1. The normalized spacial score (nSPS) is 15.4. The van der Waals surface area contributed by atoms with Gasteiger partial charge in [-0.05, 0) is 27.7 Å². The van der Waals surface area contributed by atoms with E-state index in [9.17, 15) is 9.90 Å². The fourth-order valence-corrected chi connectivity index (χ4v) is 1.25. The molecule has 2 N–H and O–H groups in total. The maximum absolute atomic E-state index is 11.0. The van der Waals surface area contributed by atoms with E-state index < -0.39 is 23.8 Å². The van der Waals surface area contributed by atoms with Gasteiger partial charge in [0.05, 0.1) is 6.10 Å². The van der Waals surface area contributed by atoms with Crippen LogP contribution in [0, 0.1) is 12.3 Å². The predicted octanol–water partition coefficient (Wildman–Crippen LogP) is 1.15. The number of aliphatic hydroxyl groups is 1. The molecule has 2 atom stereocenters. The van der Waals surface area contributed by atoms with Gasteiger partial charge in [-0.25, -0.2) is 4.79 Å². The zero-order valence-electron chi connectivity index (χ0n) is 8.98. The number of nitrogens with zero attached hydrogens (tertiary/aromatic N) is 1. The minimum absolute atomic E-state index is 0.625. The van der Waals surface area contributed by atoms with Crippen molar-refractivity contribution in [3.63, 3.8) is 0 Å². The lowest BCUT2D eigenvalue weighted by atomic mass is 10.0. The molecule has 0 radical (unpaired) electrons. The highest BCUT2D eigenvalue weighted by molar-refractivity contribution is 5.67. The Morgan fingerprint density at radius 1 is 1.50 bits per heavy atom. The number of terminal acetylenes is 1. The number of carboxylic acid groups (broad SMARTS) is 1. The first kappa shape index (κ1) is 12.8. The summed E-state index contributed by atoms with van der Waals surface area (Å²) in [6.07, 6.45) is 3.19. The van der Waals surface area contributed by atoms with Gasteiger partial charge in [-0.15, -0.1) is 6.42 Å². The van der Waals surface area contributed by atoms with Gasteiger partial charge in [-0.2, -0.15) is 0 Å². The first-order chi connectivity index (χ1) is 6.21. The van der Waals surface area contributed by atoms with Gasteiger partial charge in [0, 0.05) is 5.54 Å². The van der Waals surface area contributed by atoms with Gasteiger partial charge in [0.2, 0.25) is 0 Å². The van der Waals surface area contributed by atoms with Crippen LogP contribution in [0.3, 0.4) is 0 Å². The molecule has 0 fully saturated rings. The van der Waals surface area contributed by atoms with Crippen molar-refractivity contribution < 1.29 is 15.0 Å². The van der Waals surface area contributed by atoms with Crippen LogP contribution in [0.25, 0.3) is 0 Å². The van der Waals surface area contributed by atoms with Crippen LogP contribution in [0.2, 0.25) is 0 Å². The third kappa shape index (κ3) is 2.93. The number of hydrogen-bond donors (Lipinski definition) is 2. The summed E-state index contributed by atoms with van der Waals surface area (Å²) in [7, 11) is 0. The maximum atomic E-state index is 11.0. The average Bonchev–Trinajstić information content (AvgIpc) is 1.95. The number of aliphatic hydroxyl groups excluding tert-OH is 1. The largest absolute Gasteiger partial charge is 0.465 e. The van der Waals surface area contributed by atoms with E-state index in [1.54, 1.807) is 20.8 Å². The summed E-state index contributed by atoms with van der Waals surface area (Å²) in [5.41, 5.74) is -0.625. The third-order valence-corrected chi connectivity index (χ3v) is 1.83. The van der Waals surface area contributed by atoms with Gasteiger partial charge in [0.25, 0.3) is 0 Å². The lowest BCUT2D eigenvalue weighted by molar-refractivity contribution is 0.0370. The second-order valence-corrected chi connectivity index (χ2v) is 4.18. The van der Waals surface area contributed by atoms with Crippen LogP contribution in [0.1, 0.15) is 27.7 Å². The molecule has 0 aromatic heterocycles. The monoisotopic (exact) mass is 199 g/mol. The summed E-state index contributed by atoms with van der Waals surface area (Å²) in [4.78, 5) is 12.1. The van der Waals surface area contributed by atoms with E-state index in [4.69, 9.17) is 11.5 Å². The van der Waals surface area contributed by atoms with Crippen molar-refractivity contribution in [3.8, 4) is 12.3 Å². The lowest BCUT2D eigenvalue weighted by Crippen LogP contribution is -2.54. The molecule has 1 amide bonds. The highest BCUT2D eigenvalue weighted by Crippen LogP contribution is 2.18. The number of rotatable bonds is 2. The molecule has 0 saturated carbocycles. The smallest absolute Gasteiger partial charge is 0.408 e. The molecule has 0 aliphatic heterocycles. The first-order valence-electron chi connectivity index (χ1n) is 4.38. The van der Waals surface area contributed by atoms with Crippen LogP contribution in [0.4, 0.5) is 4.79 Å². The summed E-state index contributed by atoms with van der Waals surface area (Å²) in [5, 5.41) is 18.3. The molecule has 0 spiro atoms. The van der Waals surface area contributed by atoms with Crippen LogP contribution in [0.5, 0.6) is 0 Å². The molecule has 0 heterocycles. The molecule has 0 rings (SSSR count). The van der Waals surface area contributed by atoms with Gasteiger partial charge in [0.15, 0.2) is 0 Å². The molecule has 0 saturated heterocycles. The highest BCUT2D eigenvalue weighted by atomic mass is 16.4. The zero-order chi connectivity index (χ0) is 11.5. The molecule has 14 heavy (non-hydrogen) atoms. The van der Waals surface area contributed by atoms with Crippen molar-refractivity contribution in [1.29, 1.82) is 0 Å². The number of hydrogen-bond acceptors (Lipinski definition) is 2. The Kier molecular flexibility index (Phi) is 3.96. The molecule has 0 bridgehead atoms. The molecule has 4 heteroatoms. The molecular formula is C10H17NO3. The van der Waals surface area contributed by atoms with E-state index >= 15 is 0 Å². The summed E-state index contributed by atoms with van der Waals surface area (Å²) >= 11 is 0. The minimum Gasteiger partial charge on any atom is -0.465 e. The molecule has 0 aliphatic rings. The second kappa shape index (κ2) is 4.34. The van der Waals surface area contributed by atoms with Crippen molar-refractivity contribution >= 4 is 6.09 Å². The summed E-state index contributed by atoms with van der Waals surface area (Å²) in [6, 6.07) is -0.813. The molecule has 1 unspecified atom stereocenters. The van der Waals surface area contributed by atoms with Crippen molar-refractivity contribution in [3.05, 3.63) is 0 Å². The third-order valence-electron chi connectivity index (χ3n) is 1.83. The SMILES string of the molecule is C#CC([C@@H](C)O)N(C(=O)O)C(C)(C)C. The van der Waals surface area contributed by atoms with Crippen molar-refractivity contribution in [1.82, 2.24) is 4.90 Å². The quantitative estimate of drug-likeness (QED) is 0.656. The fraction of sp³-hybridized carbons (Fsp3) is 0.700. The van der Waals surface area contributed by atoms with Crippen molar-refractivity contribution in [2.45, 2.75) is 45.4 Å². The highest BCUT2D eigenvalue weighted by Gasteiger charge is 2.34. The second-order valence-electron chi connectivity index (χ2n) is 4.18. The van der Waals surface area contributed by atoms with E-state index in [0.717, 1.165) is 4.90 Å². The van der Waals surface area contributed by atoms with E-state index in [1.165, 1.54) is 6.92 Å². The van der Waals surface area contributed by atoms with Crippen LogP contribution >= 0.6 is 0 Å². The Labute approximate surface area is 84.5 Å². The molecule has 80 valence electrons. The lowest BCUT2D eigenvalue weighted by Gasteiger charge is -2.38. The van der Waals surface area contributed by atoms with Gasteiger partial charge in [-0.1, -0.05) is 5.92 Å². The predicted molar refractivity (Wildman–Crippen MR) is 53.9 cm³/mol.